The molecule has 0 spiro atoms. The van der Waals surface area contributed by atoms with E-state index in [0.29, 0.717) is 19.6 Å². The van der Waals surface area contributed by atoms with E-state index in [-0.39, 0.29) is 12.0 Å². The standard InChI is InChI=1S/C17H24N6O2/c18-8-1-11-25-16-6-9-22(10-7-16)17(24)12-14-2-4-15(5-3-14)23-13-19-20-21-23/h2-5,13,16H,1,6-12,18H2. The molecule has 134 valence electrons. The van der Waals surface area contributed by atoms with E-state index in [1.807, 2.05) is 29.2 Å². The second-order valence-electron chi connectivity index (χ2n) is 6.19. The summed E-state index contributed by atoms with van der Waals surface area (Å²) in [5.41, 5.74) is 7.33. The first-order valence-corrected chi connectivity index (χ1v) is 8.68. The fourth-order valence-corrected chi connectivity index (χ4v) is 2.94. The number of nitrogens with zero attached hydrogens (tertiary/aromatic N) is 5. The Kier molecular flexibility index (Phi) is 6.08. The molecule has 3 rings (SSSR count). The maximum atomic E-state index is 12.5. The molecule has 0 saturated carbocycles. The third-order valence-corrected chi connectivity index (χ3v) is 4.40. The van der Waals surface area contributed by atoms with E-state index >= 15 is 0 Å². The summed E-state index contributed by atoms with van der Waals surface area (Å²) in [6.45, 7) is 2.88. The van der Waals surface area contributed by atoms with Crippen molar-refractivity contribution in [1.29, 1.82) is 0 Å². The Morgan fingerprint density at radius 2 is 2.00 bits per heavy atom. The summed E-state index contributed by atoms with van der Waals surface area (Å²) >= 11 is 0. The highest BCUT2D eigenvalue weighted by Gasteiger charge is 2.23. The van der Waals surface area contributed by atoms with Crippen molar-refractivity contribution in [2.45, 2.75) is 31.8 Å². The maximum absolute atomic E-state index is 12.5. The van der Waals surface area contributed by atoms with Crippen molar-refractivity contribution in [1.82, 2.24) is 25.1 Å². The van der Waals surface area contributed by atoms with Crippen molar-refractivity contribution in [2.75, 3.05) is 26.2 Å². The predicted molar refractivity (Wildman–Crippen MR) is 92.1 cm³/mol. The number of hydrogen-bond donors (Lipinski definition) is 1. The van der Waals surface area contributed by atoms with Crippen molar-refractivity contribution < 1.29 is 9.53 Å². The van der Waals surface area contributed by atoms with Crippen LogP contribution in [0.1, 0.15) is 24.8 Å². The molecule has 8 heteroatoms. The van der Waals surface area contributed by atoms with E-state index in [4.69, 9.17) is 10.5 Å². The monoisotopic (exact) mass is 344 g/mol. The summed E-state index contributed by atoms with van der Waals surface area (Å²) in [5, 5.41) is 11.1. The average molecular weight is 344 g/mol. The summed E-state index contributed by atoms with van der Waals surface area (Å²) in [7, 11) is 0. The summed E-state index contributed by atoms with van der Waals surface area (Å²) in [6.07, 6.45) is 4.89. The van der Waals surface area contributed by atoms with Gasteiger partial charge in [-0.3, -0.25) is 4.79 Å². The molecule has 1 aromatic carbocycles. The molecule has 2 heterocycles. The van der Waals surface area contributed by atoms with Crippen LogP contribution in [0.25, 0.3) is 5.69 Å². The molecular formula is C17H24N6O2. The van der Waals surface area contributed by atoms with E-state index in [9.17, 15) is 4.79 Å². The molecule has 0 bridgehead atoms. The van der Waals surface area contributed by atoms with Crippen molar-refractivity contribution in [2.24, 2.45) is 5.73 Å². The molecule has 0 radical (unpaired) electrons. The lowest BCUT2D eigenvalue weighted by molar-refractivity contribution is -0.133. The lowest BCUT2D eigenvalue weighted by Gasteiger charge is -2.32. The topological polar surface area (TPSA) is 99.2 Å². The fraction of sp³-hybridized carbons (Fsp3) is 0.529. The molecule has 1 saturated heterocycles. The summed E-state index contributed by atoms with van der Waals surface area (Å²) < 4.78 is 7.37. The number of carbonyl (C=O) groups excluding carboxylic acids is 1. The van der Waals surface area contributed by atoms with Gasteiger partial charge < -0.3 is 15.4 Å². The Morgan fingerprint density at radius 1 is 1.24 bits per heavy atom. The van der Waals surface area contributed by atoms with E-state index in [1.54, 1.807) is 11.0 Å². The normalized spacial score (nSPS) is 15.5. The number of nitrogens with two attached hydrogens (primary N) is 1. The number of rotatable bonds is 7. The van der Waals surface area contributed by atoms with Crippen LogP contribution in [-0.2, 0) is 16.0 Å². The van der Waals surface area contributed by atoms with Crippen LogP contribution in [0.4, 0.5) is 0 Å². The maximum Gasteiger partial charge on any atom is 0.226 e. The Labute approximate surface area is 146 Å². The number of piperidine rings is 1. The molecular weight excluding hydrogens is 320 g/mol. The van der Waals surface area contributed by atoms with Crippen LogP contribution in [-0.4, -0.2) is 63.4 Å². The predicted octanol–water partition coefficient (Wildman–Crippen LogP) is 0.561. The highest BCUT2D eigenvalue weighted by molar-refractivity contribution is 5.78. The molecule has 1 fully saturated rings. The van der Waals surface area contributed by atoms with Gasteiger partial charge in [0.1, 0.15) is 6.33 Å². The minimum absolute atomic E-state index is 0.163. The lowest BCUT2D eigenvalue weighted by Crippen LogP contribution is -2.41. The molecule has 0 unspecified atom stereocenters. The van der Waals surface area contributed by atoms with Gasteiger partial charge in [-0.1, -0.05) is 12.1 Å². The summed E-state index contributed by atoms with van der Waals surface area (Å²) in [6, 6.07) is 7.71. The van der Waals surface area contributed by atoms with Gasteiger partial charge in [-0.25, -0.2) is 4.68 Å². The highest BCUT2D eigenvalue weighted by atomic mass is 16.5. The first kappa shape index (κ1) is 17.5. The number of carbonyl (C=O) groups is 1. The number of ether oxygens (including phenoxy) is 1. The van der Waals surface area contributed by atoms with Gasteiger partial charge in [-0.05, 0) is 53.9 Å². The molecule has 2 N–H and O–H groups in total. The highest BCUT2D eigenvalue weighted by Crippen LogP contribution is 2.16. The Bertz CT molecular complexity index is 650. The molecule has 0 aliphatic carbocycles. The van der Waals surface area contributed by atoms with Gasteiger partial charge in [-0.15, -0.1) is 5.10 Å². The zero-order valence-electron chi connectivity index (χ0n) is 14.3. The number of tetrazole rings is 1. The molecule has 1 aromatic heterocycles. The molecule has 1 aliphatic rings. The van der Waals surface area contributed by atoms with Crippen LogP contribution in [0.5, 0.6) is 0 Å². The molecule has 1 aliphatic heterocycles. The zero-order valence-corrected chi connectivity index (χ0v) is 14.3. The first-order chi connectivity index (χ1) is 12.3. The van der Waals surface area contributed by atoms with Gasteiger partial charge in [0.2, 0.25) is 5.91 Å². The number of benzene rings is 1. The van der Waals surface area contributed by atoms with E-state index in [2.05, 4.69) is 15.5 Å². The van der Waals surface area contributed by atoms with Crippen LogP contribution >= 0.6 is 0 Å². The number of likely N-dealkylation sites (tertiary alicyclic amines) is 1. The molecule has 0 atom stereocenters. The Balaban J connectivity index is 1.46. The van der Waals surface area contributed by atoms with Gasteiger partial charge in [0.15, 0.2) is 0 Å². The van der Waals surface area contributed by atoms with Gasteiger partial charge in [0.05, 0.1) is 18.2 Å². The van der Waals surface area contributed by atoms with Crippen molar-refractivity contribution >= 4 is 5.91 Å². The zero-order chi connectivity index (χ0) is 17.5. The molecule has 25 heavy (non-hydrogen) atoms. The SMILES string of the molecule is NCCCOC1CCN(C(=O)Cc2ccc(-n3cnnn3)cc2)CC1. The smallest absolute Gasteiger partial charge is 0.226 e. The summed E-state index contributed by atoms with van der Waals surface area (Å²) in [5.74, 6) is 0.163. The van der Waals surface area contributed by atoms with Crippen LogP contribution < -0.4 is 5.73 Å². The van der Waals surface area contributed by atoms with E-state index in [1.165, 1.54) is 0 Å². The van der Waals surface area contributed by atoms with Crippen LogP contribution in [0, 0.1) is 0 Å². The number of aromatic nitrogens is 4. The quantitative estimate of drug-likeness (QED) is 0.737. The fourth-order valence-electron chi connectivity index (χ4n) is 2.94. The third kappa shape index (κ3) is 4.83. The van der Waals surface area contributed by atoms with Crippen molar-refractivity contribution in [3.8, 4) is 5.69 Å². The minimum Gasteiger partial charge on any atom is -0.378 e. The van der Waals surface area contributed by atoms with Gasteiger partial charge in [-0.2, -0.15) is 0 Å². The lowest BCUT2D eigenvalue weighted by atomic mass is 10.1. The van der Waals surface area contributed by atoms with Gasteiger partial charge in [0.25, 0.3) is 0 Å². The van der Waals surface area contributed by atoms with Crippen LogP contribution in [0.3, 0.4) is 0 Å². The van der Waals surface area contributed by atoms with Crippen molar-refractivity contribution in [3.05, 3.63) is 36.2 Å². The Hall–Kier alpha value is -2.32. The van der Waals surface area contributed by atoms with Crippen LogP contribution in [0.2, 0.25) is 0 Å². The molecule has 1 amide bonds. The Morgan fingerprint density at radius 3 is 2.64 bits per heavy atom. The molecule has 2 aromatic rings. The number of hydrogen-bond acceptors (Lipinski definition) is 6. The van der Waals surface area contributed by atoms with E-state index in [0.717, 1.165) is 43.6 Å². The summed E-state index contributed by atoms with van der Waals surface area (Å²) in [4.78, 5) is 14.4. The minimum atomic E-state index is 0.163. The largest absolute Gasteiger partial charge is 0.378 e. The first-order valence-electron chi connectivity index (χ1n) is 8.68. The third-order valence-electron chi connectivity index (χ3n) is 4.40. The van der Waals surface area contributed by atoms with Crippen LogP contribution in [0.15, 0.2) is 30.6 Å². The average Bonchev–Trinajstić information content (AvgIpc) is 3.18. The van der Waals surface area contributed by atoms with Crippen molar-refractivity contribution in [3.63, 3.8) is 0 Å². The number of amides is 1. The second-order valence-corrected chi connectivity index (χ2v) is 6.19. The van der Waals surface area contributed by atoms with Gasteiger partial charge >= 0.3 is 0 Å². The second kappa shape index (κ2) is 8.68. The molecule has 8 nitrogen and oxygen atoms in total. The van der Waals surface area contributed by atoms with Gasteiger partial charge in [0, 0.05) is 19.7 Å². The van der Waals surface area contributed by atoms with E-state index < -0.39 is 0 Å².